The molecule has 1 atom stereocenters. The van der Waals surface area contributed by atoms with Crippen molar-refractivity contribution in [2.24, 2.45) is 5.73 Å². The van der Waals surface area contributed by atoms with Crippen LogP contribution in [-0.2, 0) is 15.1 Å². The molecule has 28 heavy (non-hydrogen) atoms. The first-order chi connectivity index (χ1) is 13.7. The molecule has 0 unspecified atom stereocenters. The number of ether oxygens (including phenoxy) is 1. The number of anilines is 1. The Morgan fingerprint density at radius 1 is 1.11 bits per heavy atom. The van der Waals surface area contributed by atoms with E-state index >= 15 is 0 Å². The molecule has 0 bridgehead atoms. The van der Waals surface area contributed by atoms with Crippen molar-refractivity contribution in [1.82, 2.24) is 4.98 Å². The van der Waals surface area contributed by atoms with Crippen molar-refractivity contribution in [1.29, 1.82) is 0 Å². The summed E-state index contributed by atoms with van der Waals surface area (Å²) in [5, 5.41) is 3.83. The second-order valence-electron chi connectivity index (χ2n) is 7.32. The van der Waals surface area contributed by atoms with Gasteiger partial charge in [-0.05, 0) is 48.6 Å². The van der Waals surface area contributed by atoms with E-state index in [0.717, 1.165) is 62.5 Å². The molecule has 1 spiro atoms. The van der Waals surface area contributed by atoms with Gasteiger partial charge in [0.05, 0.1) is 15.8 Å². The van der Waals surface area contributed by atoms with Crippen LogP contribution < -0.4 is 11.1 Å². The third-order valence-corrected chi connectivity index (χ3v) is 6.89. The first kappa shape index (κ1) is 15.9. The highest BCUT2D eigenvalue weighted by atomic mass is 32.1. The Hall–Kier alpha value is -3.12. The smallest absolute Gasteiger partial charge is 0.277 e. The van der Waals surface area contributed by atoms with Crippen molar-refractivity contribution in [2.45, 2.75) is 24.9 Å². The van der Waals surface area contributed by atoms with Gasteiger partial charge in [0.2, 0.25) is 5.60 Å². The maximum atomic E-state index is 13.1. The molecule has 3 heterocycles. The number of fused-ring (bicyclic) bond motifs is 4. The van der Waals surface area contributed by atoms with E-state index in [9.17, 15) is 4.79 Å². The van der Waals surface area contributed by atoms with Gasteiger partial charge in [0.1, 0.15) is 5.01 Å². The van der Waals surface area contributed by atoms with Crippen molar-refractivity contribution >= 4 is 38.7 Å². The van der Waals surface area contributed by atoms with Gasteiger partial charge in [-0.25, -0.2) is 4.98 Å². The van der Waals surface area contributed by atoms with Gasteiger partial charge in [0, 0.05) is 11.3 Å². The predicted molar refractivity (Wildman–Crippen MR) is 109 cm³/mol. The second kappa shape index (κ2) is 5.45. The summed E-state index contributed by atoms with van der Waals surface area (Å²) in [5.74, 6) is 0.126. The monoisotopic (exact) mass is 387 g/mol. The molecule has 0 saturated carbocycles. The molecule has 6 heteroatoms. The zero-order valence-corrected chi connectivity index (χ0v) is 15.8. The van der Waals surface area contributed by atoms with Crippen LogP contribution >= 0.6 is 11.3 Å². The highest BCUT2D eigenvalue weighted by Gasteiger charge is 2.56. The third-order valence-electron chi connectivity index (χ3n) is 5.84. The summed E-state index contributed by atoms with van der Waals surface area (Å²) < 4.78 is 7.42. The Morgan fingerprint density at radius 2 is 1.93 bits per heavy atom. The fourth-order valence-electron chi connectivity index (χ4n) is 4.68. The van der Waals surface area contributed by atoms with Crippen molar-refractivity contribution in [3.8, 4) is 0 Å². The number of para-hydroxylation sites is 2. The zero-order valence-electron chi connectivity index (χ0n) is 15.0. The Bertz CT molecular complexity index is 1210. The number of amides is 1. The molecule has 1 amide bonds. The molecule has 138 valence electrons. The SMILES string of the molecule is NC1=C(c2nc3ccccc3s2)C2=C(CCC2)[C@@]2(O1)C(=O)Nc1ccccc12. The second-order valence-corrected chi connectivity index (χ2v) is 8.35. The summed E-state index contributed by atoms with van der Waals surface area (Å²) in [5.41, 5.74) is 10.9. The summed E-state index contributed by atoms with van der Waals surface area (Å²) in [6, 6.07) is 15.8. The van der Waals surface area contributed by atoms with Gasteiger partial charge in [-0.1, -0.05) is 30.3 Å². The van der Waals surface area contributed by atoms with Crippen LogP contribution in [0.25, 0.3) is 15.8 Å². The minimum Gasteiger partial charge on any atom is -0.453 e. The molecular formula is C22H17N3O2S. The summed E-state index contributed by atoms with van der Waals surface area (Å²) >= 11 is 1.61. The topological polar surface area (TPSA) is 77.2 Å². The maximum Gasteiger partial charge on any atom is 0.277 e. The van der Waals surface area contributed by atoms with Crippen LogP contribution in [-0.4, -0.2) is 10.9 Å². The summed E-state index contributed by atoms with van der Waals surface area (Å²) in [4.78, 5) is 17.9. The fraction of sp³-hybridized carbons (Fsp3) is 0.182. The summed E-state index contributed by atoms with van der Waals surface area (Å²) in [6.45, 7) is 0. The molecule has 0 radical (unpaired) electrons. The van der Waals surface area contributed by atoms with Crippen LogP contribution in [0, 0.1) is 0 Å². The highest BCUT2D eigenvalue weighted by Crippen LogP contribution is 2.55. The van der Waals surface area contributed by atoms with Crippen molar-refractivity contribution in [3.05, 3.63) is 76.1 Å². The van der Waals surface area contributed by atoms with Gasteiger partial charge in [-0.15, -0.1) is 11.3 Å². The van der Waals surface area contributed by atoms with Gasteiger partial charge < -0.3 is 15.8 Å². The van der Waals surface area contributed by atoms with Crippen LogP contribution in [0.2, 0.25) is 0 Å². The molecular weight excluding hydrogens is 370 g/mol. The van der Waals surface area contributed by atoms with Gasteiger partial charge in [-0.3, -0.25) is 4.79 Å². The van der Waals surface area contributed by atoms with Gasteiger partial charge in [-0.2, -0.15) is 0 Å². The Labute approximate surface area is 165 Å². The molecule has 0 saturated heterocycles. The number of carbonyl (C=O) groups excluding carboxylic acids is 1. The highest BCUT2D eigenvalue weighted by molar-refractivity contribution is 7.19. The minimum absolute atomic E-state index is 0.158. The number of aromatic nitrogens is 1. The normalized spacial score (nSPS) is 23.2. The van der Waals surface area contributed by atoms with Crippen molar-refractivity contribution in [3.63, 3.8) is 0 Å². The predicted octanol–water partition coefficient (Wildman–Crippen LogP) is 4.28. The van der Waals surface area contributed by atoms with E-state index in [1.54, 1.807) is 11.3 Å². The van der Waals surface area contributed by atoms with E-state index in [1.165, 1.54) is 0 Å². The van der Waals surface area contributed by atoms with Gasteiger partial charge in [0.15, 0.2) is 5.88 Å². The Morgan fingerprint density at radius 3 is 2.82 bits per heavy atom. The number of benzene rings is 2. The Balaban J connectivity index is 1.58. The quantitative estimate of drug-likeness (QED) is 0.653. The number of rotatable bonds is 1. The molecule has 1 aromatic heterocycles. The van der Waals surface area contributed by atoms with E-state index in [1.807, 2.05) is 42.5 Å². The van der Waals surface area contributed by atoms with Crippen molar-refractivity contribution < 1.29 is 9.53 Å². The lowest BCUT2D eigenvalue weighted by atomic mass is 9.81. The molecule has 3 aliphatic rings. The minimum atomic E-state index is -1.15. The molecule has 3 aromatic rings. The van der Waals surface area contributed by atoms with Crippen LogP contribution in [0.4, 0.5) is 5.69 Å². The lowest BCUT2D eigenvalue weighted by Gasteiger charge is -2.35. The zero-order chi connectivity index (χ0) is 18.9. The molecule has 2 aromatic carbocycles. The first-order valence-corrected chi connectivity index (χ1v) is 10.2. The Kier molecular flexibility index (Phi) is 3.09. The fourth-order valence-corrected chi connectivity index (χ4v) is 5.72. The third kappa shape index (κ3) is 1.90. The lowest BCUT2D eigenvalue weighted by Crippen LogP contribution is -2.42. The number of nitrogens with two attached hydrogens (primary N) is 1. The number of hydrogen-bond donors (Lipinski definition) is 2. The number of hydrogen-bond acceptors (Lipinski definition) is 5. The molecule has 1 aliphatic carbocycles. The van der Waals surface area contributed by atoms with E-state index in [2.05, 4.69) is 11.4 Å². The van der Waals surface area contributed by atoms with Crippen LogP contribution in [0.3, 0.4) is 0 Å². The standard InChI is InChI=1S/C22H17N3O2S/c23-19-18(20-24-16-10-3-4-11-17(16)28-20)12-6-5-8-13(12)22(27-19)14-7-1-2-9-15(14)25-21(22)26/h1-4,7,9-11H,5-6,8,23H2,(H,25,26)/t22-/m0/s1. The number of thiazole rings is 1. The lowest BCUT2D eigenvalue weighted by molar-refractivity contribution is -0.132. The summed E-state index contributed by atoms with van der Waals surface area (Å²) in [7, 11) is 0. The van der Waals surface area contributed by atoms with Crippen LogP contribution in [0.5, 0.6) is 0 Å². The molecule has 3 N–H and O–H groups in total. The van der Waals surface area contributed by atoms with Crippen LogP contribution in [0.15, 0.2) is 65.6 Å². The number of carbonyl (C=O) groups is 1. The summed E-state index contributed by atoms with van der Waals surface area (Å²) in [6.07, 6.45) is 2.67. The largest absolute Gasteiger partial charge is 0.453 e. The first-order valence-electron chi connectivity index (χ1n) is 9.37. The average molecular weight is 387 g/mol. The van der Waals surface area contributed by atoms with E-state index in [0.29, 0.717) is 0 Å². The maximum absolute atomic E-state index is 13.1. The number of nitrogens with zero attached hydrogens (tertiary/aromatic N) is 1. The van der Waals surface area contributed by atoms with E-state index < -0.39 is 5.60 Å². The number of nitrogens with one attached hydrogen (secondary N) is 1. The average Bonchev–Trinajstić information content (AvgIpc) is 3.39. The van der Waals surface area contributed by atoms with E-state index in [4.69, 9.17) is 15.5 Å². The molecule has 0 fully saturated rings. The van der Waals surface area contributed by atoms with Gasteiger partial charge >= 0.3 is 0 Å². The van der Waals surface area contributed by atoms with Gasteiger partial charge in [0.25, 0.3) is 5.91 Å². The molecule has 6 rings (SSSR count). The molecule has 5 nitrogen and oxygen atoms in total. The van der Waals surface area contributed by atoms with Crippen LogP contribution in [0.1, 0.15) is 29.8 Å². The molecule has 2 aliphatic heterocycles. The number of allylic oxidation sites excluding steroid dienone is 2. The van der Waals surface area contributed by atoms with Crippen molar-refractivity contribution in [2.75, 3.05) is 5.32 Å². The van der Waals surface area contributed by atoms with E-state index in [-0.39, 0.29) is 11.8 Å².